The molecular weight excluding hydrogens is 326 g/mol. The lowest BCUT2D eigenvalue weighted by molar-refractivity contribution is 0.644. The van der Waals surface area contributed by atoms with Gasteiger partial charge >= 0.3 is 0 Å². The van der Waals surface area contributed by atoms with Crippen LogP contribution < -0.4 is 5.73 Å². The number of hydrogen-bond acceptors (Lipinski definition) is 2. The topological polar surface area (TPSA) is 43.8 Å². The monoisotopic (exact) mass is 343 g/mol. The van der Waals surface area contributed by atoms with E-state index in [0.717, 1.165) is 34.0 Å². The van der Waals surface area contributed by atoms with Crippen molar-refractivity contribution in [1.29, 1.82) is 0 Å². The molecule has 3 rings (SSSR count). The molecule has 1 heterocycles. The Balaban J connectivity index is 2.14. The van der Waals surface area contributed by atoms with Crippen LogP contribution in [0.2, 0.25) is 0 Å². The van der Waals surface area contributed by atoms with Crippen LogP contribution in [0.1, 0.15) is 18.9 Å². The maximum absolute atomic E-state index is 6.14. The number of fused-ring (bicyclic) bond motifs is 1. The Morgan fingerprint density at radius 3 is 2.86 bits per heavy atom. The smallest absolute Gasteiger partial charge is 0.100 e. The fourth-order valence-electron chi connectivity index (χ4n) is 2.51. The molecule has 108 valence electrons. The molecule has 0 amide bonds. The van der Waals surface area contributed by atoms with Crippen LogP contribution in [0.3, 0.4) is 0 Å². The van der Waals surface area contributed by atoms with Gasteiger partial charge in [0.25, 0.3) is 0 Å². The lowest BCUT2D eigenvalue weighted by Gasteiger charge is -2.15. The van der Waals surface area contributed by atoms with E-state index in [0.29, 0.717) is 0 Å². The molecular formula is C17H18BrN3. The number of benzene rings is 2. The second-order valence-electron chi connectivity index (χ2n) is 5.25. The highest BCUT2D eigenvalue weighted by Crippen LogP contribution is 2.25. The van der Waals surface area contributed by atoms with Gasteiger partial charge in [-0.05, 0) is 42.7 Å². The summed E-state index contributed by atoms with van der Waals surface area (Å²) in [4.78, 5) is 4.48. The van der Waals surface area contributed by atoms with Gasteiger partial charge in [-0.1, -0.05) is 41.1 Å². The molecule has 1 unspecified atom stereocenters. The molecule has 3 nitrogen and oxygen atoms in total. The second kappa shape index (κ2) is 6.00. The van der Waals surface area contributed by atoms with E-state index in [2.05, 4.69) is 56.7 Å². The van der Waals surface area contributed by atoms with Gasteiger partial charge in [0.05, 0.1) is 16.7 Å². The lowest BCUT2D eigenvalue weighted by atomic mass is 10.0. The second-order valence-corrected chi connectivity index (χ2v) is 6.16. The minimum absolute atomic E-state index is 0.180. The lowest BCUT2D eigenvalue weighted by Crippen LogP contribution is -2.22. The normalized spacial score (nSPS) is 12.7. The number of nitrogens with two attached hydrogens (primary N) is 1. The van der Waals surface area contributed by atoms with Crippen LogP contribution >= 0.6 is 15.9 Å². The molecule has 2 N–H and O–H groups in total. The van der Waals surface area contributed by atoms with Gasteiger partial charge in [-0.15, -0.1) is 0 Å². The van der Waals surface area contributed by atoms with Crippen molar-refractivity contribution < 1.29 is 0 Å². The maximum atomic E-state index is 6.14. The van der Waals surface area contributed by atoms with E-state index in [-0.39, 0.29) is 6.04 Å². The molecule has 21 heavy (non-hydrogen) atoms. The Kier molecular flexibility index (Phi) is 4.08. The van der Waals surface area contributed by atoms with E-state index in [1.165, 1.54) is 5.56 Å². The third-order valence-electron chi connectivity index (χ3n) is 3.77. The highest BCUT2D eigenvalue weighted by atomic mass is 79.9. The number of rotatable bonds is 4. The highest BCUT2D eigenvalue weighted by Gasteiger charge is 2.11. The Labute approximate surface area is 132 Å². The van der Waals surface area contributed by atoms with Crippen LogP contribution in [0, 0.1) is 0 Å². The number of halogens is 1. The summed E-state index contributed by atoms with van der Waals surface area (Å²) < 4.78 is 3.20. The molecule has 0 aliphatic heterocycles. The fourth-order valence-corrected chi connectivity index (χ4v) is 2.86. The molecule has 4 heteroatoms. The first-order valence-electron chi connectivity index (χ1n) is 7.15. The number of imidazole rings is 1. The molecule has 0 bridgehead atoms. The highest BCUT2D eigenvalue weighted by molar-refractivity contribution is 9.10. The SMILES string of the molecule is CCC(N)Cc1ccc(Br)cc1-n1cnc2ccccc21. The van der Waals surface area contributed by atoms with Crippen molar-refractivity contribution in [3.8, 4) is 5.69 Å². The van der Waals surface area contributed by atoms with Gasteiger partial charge in [0.2, 0.25) is 0 Å². The quantitative estimate of drug-likeness (QED) is 0.775. The predicted molar refractivity (Wildman–Crippen MR) is 90.7 cm³/mol. The third-order valence-corrected chi connectivity index (χ3v) is 4.26. The zero-order chi connectivity index (χ0) is 14.8. The van der Waals surface area contributed by atoms with Crippen LogP contribution in [-0.2, 0) is 6.42 Å². The summed E-state index contributed by atoms with van der Waals surface area (Å²) in [7, 11) is 0. The van der Waals surface area contributed by atoms with Crippen LogP contribution in [0.15, 0.2) is 53.3 Å². The van der Waals surface area contributed by atoms with Gasteiger partial charge in [0, 0.05) is 10.5 Å². The largest absolute Gasteiger partial charge is 0.327 e. The number of hydrogen-bond donors (Lipinski definition) is 1. The summed E-state index contributed by atoms with van der Waals surface area (Å²) >= 11 is 3.56. The summed E-state index contributed by atoms with van der Waals surface area (Å²) in [6, 6.07) is 14.7. The van der Waals surface area contributed by atoms with Gasteiger partial charge in [0.15, 0.2) is 0 Å². The Morgan fingerprint density at radius 2 is 2.05 bits per heavy atom. The summed E-state index contributed by atoms with van der Waals surface area (Å²) in [6.07, 6.45) is 3.72. The molecule has 3 aromatic rings. The molecule has 0 spiro atoms. The standard InChI is InChI=1S/C17H18BrN3/c1-2-14(19)9-12-7-8-13(18)10-17(12)21-11-20-15-5-3-4-6-16(15)21/h3-8,10-11,14H,2,9,19H2,1H3. The average Bonchev–Trinajstić information content (AvgIpc) is 2.92. The minimum Gasteiger partial charge on any atom is -0.327 e. The number of aromatic nitrogens is 2. The van der Waals surface area contributed by atoms with E-state index in [1.807, 2.05) is 24.5 Å². The first kappa shape index (κ1) is 14.3. The van der Waals surface area contributed by atoms with Gasteiger partial charge in [-0.3, -0.25) is 4.57 Å². The van der Waals surface area contributed by atoms with E-state index in [4.69, 9.17) is 5.73 Å². The van der Waals surface area contributed by atoms with Crippen molar-refractivity contribution in [3.05, 3.63) is 58.8 Å². The summed E-state index contributed by atoms with van der Waals surface area (Å²) in [5.41, 5.74) is 10.6. The average molecular weight is 344 g/mol. The molecule has 0 saturated heterocycles. The zero-order valence-electron chi connectivity index (χ0n) is 12.0. The summed E-state index contributed by atoms with van der Waals surface area (Å²) in [5, 5.41) is 0. The van der Waals surface area contributed by atoms with Crippen LogP contribution in [0.25, 0.3) is 16.7 Å². The van der Waals surface area contributed by atoms with E-state index >= 15 is 0 Å². The summed E-state index contributed by atoms with van der Waals surface area (Å²) in [5.74, 6) is 0. The molecule has 1 atom stereocenters. The van der Waals surface area contributed by atoms with E-state index in [9.17, 15) is 0 Å². The van der Waals surface area contributed by atoms with Crippen molar-refractivity contribution in [3.63, 3.8) is 0 Å². The first-order chi connectivity index (χ1) is 10.2. The van der Waals surface area contributed by atoms with Crippen molar-refractivity contribution in [2.75, 3.05) is 0 Å². The van der Waals surface area contributed by atoms with E-state index in [1.54, 1.807) is 0 Å². The van der Waals surface area contributed by atoms with Crippen molar-refractivity contribution in [2.45, 2.75) is 25.8 Å². The Hall–Kier alpha value is -1.65. The van der Waals surface area contributed by atoms with Crippen molar-refractivity contribution >= 4 is 27.0 Å². The van der Waals surface area contributed by atoms with E-state index < -0.39 is 0 Å². The number of para-hydroxylation sites is 2. The van der Waals surface area contributed by atoms with Crippen LogP contribution in [0.5, 0.6) is 0 Å². The third kappa shape index (κ3) is 2.87. The number of nitrogens with zero attached hydrogens (tertiary/aromatic N) is 2. The molecule has 0 fully saturated rings. The minimum atomic E-state index is 0.180. The molecule has 0 radical (unpaired) electrons. The molecule has 0 saturated carbocycles. The first-order valence-corrected chi connectivity index (χ1v) is 7.95. The van der Waals surface area contributed by atoms with Crippen LogP contribution in [0.4, 0.5) is 0 Å². The maximum Gasteiger partial charge on any atom is 0.100 e. The molecule has 0 aliphatic rings. The molecule has 1 aromatic heterocycles. The predicted octanol–water partition coefficient (Wildman–Crippen LogP) is 4.07. The Morgan fingerprint density at radius 1 is 1.24 bits per heavy atom. The van der Waals surface area contributed by atoms with Crippen LogP contribution in [-0.4, -0.2) is 15.6 Å². The van der Waals surface area contributed by atoms with Gasteiger partial charge in [-0.2, -0.15) is 0 Å². The fraction of sp³-hybridized carbons (Fsp3) is 0.235. The summed E-state index contributed by atoms with van der Waals surface area (Å²) in [6.45, 7) is 2.12. The zero-order valence-corrected chi connectivity index (χ0v) is 13.5. The van der Waals surface area contributed by atoms with Gasteiger partial charge in [0.1, 0.15) is 6.33 Å². The Bertz CT molecular complexity index is 764. The van der Waals surface area contributed by atoms with Gasteiger partial charge in [-0.25, -0.2) is 4.98 Å². The van der Waals surface area contributed by atoms with Gasteiger partial charge < -0.3 is 5.73 Å². The van der Waals surface area contributed by atoms with Crippen molar-refractivity contribution in [2.24, 2.45) is 5.73 Å². The van der Waals surface area contributed by atoms with Crippen molar-refractivity contribution in [1.82, 2.24) is 9.55 Å². The molecule has 0 aliphatic carbocycles. The molecule has 2 aromatic carbocycles.